The molecule has 0 spiro atoms. The molecule has 0 aliphatic heterocycles. The van der Waals surface area contributed by atoms with Crippen LogP contribution < -0.4 is 10.6 Å². The van der Waals surface area contributed by atoms with Gasteiger partial charge in [-0.05, 0) is 37.3 Å². The van der Waals surface area contributed by atoms with Crippen LogP contribution in [0.25, 0.3) is 0 Å². The first kappa shape index (κ1) is 23.0. The normalized spacial score (nSPS) is 11.3. The van der Waals surface area contributed by atoms with Gasteiger partial charge in [-0.25, -0.2) is 4.79 Å². The fraction of sp³-hybridized carbons (Fsp3) is 0.238. The summed E-state index contributed by atoms with van der Waals surface area (Å²) in [5, 5.41) is 13.5. The largest absolute Gasteiger partial charge is 0.481 e. The van der Waals surface area contributed by atoms with Gasteiger partial charge in [0.25, 0.3) is 0 Å². The van der Waals surface area contributed by atoms with Crippen LogP contribution in [-0.2, 0) is 19.1 Å². The van der Waals surface area contributed by atoms with E-state index in [1.54, 1.807) is 55.5 Å². The maximum absolute atomic E-state index is 12.6. The van der Waals surface area contributed by atoms with Crippen LogP contribution in [0.15, 0.2) is 53.4 Å². The quantitative estimate of drug-likeness (QED) is 0.412. The number of methoxy groups -OCH3 is 1. The van der Waals surface area contributed by atoms with Gasteiger partial charge >= 0.3 is 11.9 Å². The highest BCUT2D eigenvalue weighted by Crippen LogP contribution is 2.27. The van der Waals surface area contributed by atoms with Gasteiger partial charge in [0.05, 0.1) is 30.0 Å². The number of para-hydroxylation sites is 1. The van der Waals surface area contributed by atoms with E-state index >= 15 is 0 Å². The molecule has 9 heteroatoms. The van der Waals surface area contributed by atoms with Crippen molar-refractivity contribution < 1.29 is 29.0 Å². The molecule has 0 heterocycles. The first-order chi connectivity index (χ1) is 14.3. The van der Waals surface area contributed by atoms with E-state index in [1.165, 1.54) is 18.9 Å². The number of carboxylic acids is 1. The predicted molar refractivity (Wildman–Crippen MR) is 114 cm³/mol. The summed E-state index contributed by atoms with van der Waals surface area (Å²) in [5.41, 5.74) is 1.14. The van der Waals surface area contributed by atoms with E-state index in [1.807, 2.05) is 0 Å². The van der Waals surface area contributed by atoms with Gasteiger partial charge in [0.15, 0.2) is 0 Å². The minimum absolute atomic E-state index is 0.120. The smallest absolute Gasteiger partial charge is 0.339 e. The van der Waals surface area contributed by atoms with Crippen molar-refractivity contribution in [2.45, 2.75) is 29.9 Å². The molecule has 0 aliphatic rings. The summed E-state index contributed by atoms with van der Waals surface area (Å²) in [5.74, 6) is -2.28. The first-order valence-corrected chi connectivity index (χ1v) is 9.94. The molecule has 0 fully saturated rings. The van der Waals surface area contributed by atoms with E-state index in [0.717, 1.165) is 4.90 Å². The number of hydrogen-bond acceptors (Lipinski definition) is 6. The minimum Gasteiger partial charge on any atom is -0.481 e. The van der Waals surface area contributed by atoms with Crippen LogP contribution in [-0.4, -0.2) is 41.2 Å². The fourth-order valence-electron chi connectivity index (χ4n) is 2.46. The van der Waals surface area contributed by atoms with Gasteiger partial charge in [0.2, 0.25) is 11.8 Å². The Morgan fingerprint density at radius 1 is 1.03 bits per heavy atom. The van der Waals surface area contributed by atoms with Crippen molar-refractivity contribution in [3.8, 4) is 0 Å². The number of benzene rings is 2. The van der Waals surface area contributed by atoms with Crippen LogP contribution in [0, 0.1) is 0 Å². The maximum Gasteiger partial charge on any atom is 0.339 e. The molecule has 0 aliphatic carbocycles. The standard InChI is InChI=1S/C21H22N2O6S/c1-13(20(27)23-17-9-4-3-8-16(17)21(28)29-2)30-15-7-5-6-14(12-15)22-18(24)10-11-19(25)26/h3-9,12-13H,10-11H2,1-2H3,(H,22,24)(H,23,27)(H,25,26). The molecule has 2 rings (SSSR count). The van der Waals surface area contributed by atoms with Crippen LogP contribution >= 0.6 is 11.8 Å². The molecule has 0 bridgehead atoms. The Bertz CT molecular complexity index is 947. The second kappa shape index (κ2) is 11.0. The van der Waals surface area contributed by atoms with E-state index in [4.69, 9.17) is 9.84 Å². The molecule has 2 amide bonds. The highest BCUT2D eigenvalue weighted by molar-refractivity contribution is 8.00. The van der Waals surface area contributed by atoms with Crippen molar-refractivity contribution in [3.05, 3.63) is 54.1 Å². The Morgan fingerprint density at radius 2 is 1.77 bits per heavy atom. The third kappa shape index (κ3) is 6.93. The monoisotopic (exact) mass is 430 g/mol. The summed E-state index contributed by atoms with van der Waals surface area (Å²) in [4.78, 5) is 47.5. The molecule has 8 nitrogen and oxygen atoms in total. The zero-order chi connectivity index (χ0) is 22.1. The summed E-state index contributed by atoms with van der Waals surface area (Å²) < 4.78 is 4.73. The lowest BCUT2D eigenvalue weighted by molar-refractivity contribution is -0.138. The number of thioether (sulfide) groups is 1. The Labute approximate surface area is 178 Å². The number of carboxylic acid groups (broad SMARTS) is 1. The van der Waals surface area contributed by atoms with Gasteiger partial charge in [-0.2, -0.15) is 0 Å². The Balaban J connectivity index is 2.00. The van der Waals surface area contributed by atoms with Gasteiger partial charge < -0.3 is 20.5 Å². The molecule has 2 aromatic carbocycles. The molecule has 1 unspecified atom stereocenters. The Hall–Kier alpha value is -3.33. The molecule has 3 N–H and O–H groups in total. The second-order valence-corrected chi connectivity index (χ2v) is 7.67. The van der Waals surface area contributed by atoms with Crippen LogP contribution in [0.3, 0.4) is 0 Å². The number of amides is 2. The summed E-state index contributed by atoms with van der Waals surface area (Å²) in [6.07, 6.45) is -0.365. The number of aliphatic carboxylic acids is 1. The van der Waals surface area contributed by atoms with Crippen molar-refractivity contribution in [2.24, 2.45) is 0 Å². The number of carbonyl (C=O) groups excluding carboxylic acids is 3. The molecule has 30 heavy (non-hydrogen) atoms. The summed E-state index contributed by atoms with van der Waals surface area (Å²) >= 11 is 1.28. The summed E-state index contributed by atoms with van der Waals surface area (Å²) in [6.45, 7) is 1.72. The molecule has 0 aromatic heterocycles. The average Bonchev–Trinajstić information content (AvgIpc) is 2.72. The minimum atomic E-state index is -1.04. The second-order valence-electron chi connectivity index (χ2n) is 6.26. The first-order valence-electron chi connectivity index (χ1n) is 9.06. The molecule has 2 aromatic rings. The number of rotatable bonds is 9. The van der Waals surface area contributed by atoms with E-state index in [9.17, 15) is 19.2 Å². The third-order valence-corrected chi connectivity index (χ3v) is 5.05. The third-order valence-electron chi connectivity index (χ3n) is 3.96. The molecule has 0 saturated heterocycles. The van der Waals surface area contributed by atoms with Crippen LogP contribution in [0.5, 0.6) is 0 Å². The molecular formula is C21H22N2O6S. The topological polar surface area (TPSA) is 122 Å². The lowest BCUT2D eigenvalue weighted by atomic mass is 10.2. The molecule has 0 radical (unpaired) electrons. The van der Waals surface area contributed by atoms with Crippen LogP contribution in [0.4, 0.5) is 11.4 Å². The van der Waals surface area contributed by atoms with Crippen molar-refractivity contribution in [2.75, 3.05) is 17.7 Å². The van der Waals surface area contributed by atoms with E-state index in [2.05, 4.69) is 10.6 Å². The molecule has 0 saturated carbocycles. The molecular weight excluding hydrogens is 408 g/mol. The van der Waals surface area contributed by atoms with Crippen LogP contribution in [0.2, 0.25) is 0 Å². The van der Waals surface area contributed by atoms with Gasteiger partial charge in [-0.15, -0.1) is 11.8 Å². The van der Waals surface area contributed by atoms with Crippen LogP contribution in [0.1, 0.15) is 30.1 Å². The summed E-state index contributed by atoms with van der Waals surface area (Å²) in [6, 6.07) is 13.5. The number of ether oxygens (including phenoxy) is 1. The van der Waals surface area contributed by atoms with E-state index in [0.29, 0.717) is 11.4 Å². The van der Waals surface area contributed by atoms with E-state index < -0.39 is 23.1 Å². The van der Waals surface area contributed by atoms with Crippen molar-refractivity contribution >= 4 is 46.9 Å². The van der Waals surface area contributed by atoms with Crippen molar-refractivity contribution in [3.63, 3.8) is 0 Å². The SMILES string of the molecule is COC(=O)c1ccccc1NC(=O)C(C)Sc1cccc(NC(=O)CCC(=O)O)c1. The lowest BCUT2D eigenvalue weighted by Crippen LogP contribution is -2.23. The van der Waals surface area contributed by atoms with Gasteiger partial charge in [-0.3, -0.25) is 14.4 Å². The zero-order valence-electron chi connectivity index (χ0n) is 16.5. The number of hydrogen-bond donors (Lipinski definition) is 3. The van der Waals surface area contributed by atoms with Gasteiger partial charge in [0, 0.05) is 17.0 Å². The highest BCUT2D eigenvalue weighted by atomic mass is 32.2. The number of anilines is 2. The van der Waals surface area contributed by atoms with Gasteiger partial charge in [0.1, 0.15) is 0 Å². The lowest BCUT2D eigenvalue weighted by Gasteiger charge is -2.14. The molecule has 1 atom stereocenters. The van der Waals surface area contributed by atoms with Gasteiger partial charge in [-0.1, -0.05) is 18.2 Å². The summed E-state index contributed by atoms with van der Waals surface area (Å²) in [7, 11) is 1.27. The average molecular weight is 430 g/mol. The number of nitrogens with one attached hydrogen (secondary N) is 2. The zero-order valence-corrected chi connectivity index (χ0v) is 17.3. The Kier molecular flexibility index (Phi) is 8.42. The van der Waals surface area contributed by atoms with E-state index in [-0.39, 0.29) is 24.3 Å². The maximum atomic E-state index is 12.6. The fourth-order valence-corrected chi connectivity index (χ4v) is 3.39. The number of esters is 1. The Morgan fingerprint density at radius 3 is 2.47 bits per heavy atom. The predicted octanol–water partition coefficient (Wildman–Crippen LogP) is 3.40. The highest BCUT2D eigenvalue weighted by Gasteiger charge is 2.18. The van der Waals surface area contributed by atoms with Crippen molar-refractivity contribution in [1.29, 1.82) is 0 Å². The molecule has 158 valence electrons. The number of carbonyl (C=O) groups is 4. The van der Waals surface area contributed by atoms with Crippen molar-refractivity contribution in [1.82, 2.24) is 0 Å².